The lowest BCUT2D eigenvalue weighted by atomic mass is 10.1. The largest absolute Gasteiger partial charge is 0.368 e. The van der Waals surface area contributed by atoms with E-state index in [0.717, 1.165) is 0 Å². The van der Waals surface area contributed by atoms with Crippen LogP contribution in [0.25, 0.3) is 0 Å². The van der Waals surface area contributed by atoms with Crippen LogP contribution in [0, 0.1) is 17.0 Å². The zero-order chi connectivity index (χ0) is 14.1. The van der Waals surface area contributed by atoms with Crippen molar-refractivity contribution < 1.29 is 9.72 Å². The predicted molar refractivity (Wildman–Crippen MR) is 66.2 cm³/mol. The van der Waals surface area contributed by atoms with E-state index in [1.54, 1.807) is 27.7 Å². The summed E-state index contributed by atoms with van der Waals surface area (Å²) in [6, 6.07) is 0. The molecule has 0 fully saturated rings. The molecule has 100 valence electrons. The van der Waals surface area contributed by atoms with Crippen molar-refractivity contribution in [3.05, 3.63) is 15.8 Å². The summed E-state index contributed by atoms with van der Waals surface area (Å²) in [5.74, 6) is -0.401. The lowest BCUT2D eigenvalue weighted by molar-refractivity contribution is -0.384. The number of anilines is 1. The molecular formula is C10H17N5O3. The Bertz CT molecular complexity index is 492. The number of nitro groups is 1. The van der Waals surface area contributed by atoms with Gasteiger partial charge >= 0.3 is 5.69 Å². The Morgan fingerprint density at radius 2 is 2.17 bits per heavy atom. The van der Waals surface area contributed by atoms with E-state index in [4.69, 9.17) is 5.73 Å². The Kier molecular flexibility index (Phi) is 3.59. The smallest absolute Gasteiger partial charge is 0.333 e. The van der Waals surface area contributed by atoms with Crippen LogP contribution < -0.4 is 11.1 Å². The van der Waals surface area contributed by atoms with Gasteiger partial charge in [0.15, 0.2) is 0 Å². The molecule has 3 N–H and O–H groups in total. The van der Waals surface area contributed by atoms with Gasteiger partial charge in [-0.15, -0.1) is 0 Å². The second-order valence-corrected chi connectivity index (χ2v) is 4.47. The van der Waals surface area contributed by atoms with Gasteiger partial charge in [-0.25, -0.2) is 4.68 Å². The van der Waals surface area contributed by atoms with Gasteiger partial charge in [0.05, 0.1) is 4.92 Å². The number of nitrogens with zero attached hydrogens (tertiary/aromatic N) is 3. The van der Waals surface area contributed by atoms with E-state index in [-0.39, 0.29) is 11.5 Å². The summed E-state index contributed by atoms with van der Waals surface area (Å²) >= 11 is 0. The van der Waals surface area contributed by atoms with Crippen LogP contribution in [0.5, 0.6) is 0 Å². The van der Waals surface area contributed by atoms with Crippen LogP contribution in [0.15, 0.2) is 0 Å². The average molecular weight is 255 g/mol. The first kappa shape index (κ1) is 13.9. The molecule has 0 aliphatic heterocycles. The molecule has 0 saturated carbocycles. The normalized spacial score (nSPS) is 11.3. The quantitative estimate of drug-likeness (QED) is 0.596. The maximum Gasteiger partial charge on any atom is 0.333 e. The van der Waals surface area contributed by atoms with Gasteiger partial charge in [0, 0.05) is 6.54 Å². The molecule has 0 aromatic carbocycles. The van der Waals surface area contributed by atoms with Crippen LogP contribution >= 0.6 is 0 Å². The number of rotatable bonds is 5. The second-order valence-electron chi connectivity index (χ2n) is 4.47. The van der Waals surface area contributed by atoms with Crippen molar-refractivity contribution in [1.82, 2.24) is 9.78 Å². The summed E-state index contributed by atoms with van der Waals surface area (Å²) in [4.78, 5) is 21.8. The van der Waals surface area contributed by atoms with Gasteiger partial charge in [-0.1, -0.05) is 0 Å². The van der Waals surface area contributed by atoms with Gasteiger partial charge in [-0.05, 0) is 27.7 Å². The fourth-order valence-corrected chi connectivity index (χ4v) is 1.50. The molecule has 1 aromatic heterocycles. The van der Waals surface area contributed by atoms with E-state index >= 15 is 0 Å². The van der Waals surface area contributed by atoms with Crippen LogP contribution in [0.4, 0.5) is 11.5 Å². The van der Waals surface area contributed by atoms with E-state index in [1.165, 1.54) is 4.68 Å². The van der Waals surface area contributed by atoms with Crippen molar-refractivity contribution in [2.24, 2.45) is 5.73 Å². The summed E-state index contributed by atoms with van der Waals surface area (Å²) in [6.45, 7) is 6.92. The number of carbonyl (C=O) groups excluding carboxylic acids is 1. The minimum Gasteiger partial charge on any atom is -0.368 e. The highest BCUT2D eigenvalue weighted by molar-refractivity contribution is 5.87. The molecule has 1 rings (SSSR count). The summed E-state index contributed by atoms with van der Waals surface area (Å²) in [6.07, 6.45) is 0. The van der Waals surface area contributed by atoms with Gasteiger partial charge in [0.25, 0.3) is 0 Å². The van der Waals surface area contributed by atoms with E-state index in [2.05, 4.69) is 10.4 Å². The molecule has 1 aromatic rings. The van der Waals surface area contributed by atoms with E-state index in [0.29, 0.717) is 12.2 Å². The third kappa shape index (κ3) is 2.41. The Morgan fingerprint density at radius 1 is 1.61 bits per heavy atom. The molecule has 1 heterocycles. The summed E-state index contributed by atoms with van der Waals surface area (Å²) in [7, 11) is 0. The van der Waals surface area contributed by atoms with Crippen molar-refractivity contribution in [3.8, 4) is 0 Å². The third-order valence-electron chi connectivity index (χ3n) is 2.62. The highest BCUT2D eigenvalue weighted by atomic mass is 16.6. The van der Waals surface area contributed by atoms with Crippen LogP contribution in [0.2, 0.25) is 0 Å². The number of aromatic nitrogens is 2. The first-order chi connectivity index (χ1) is 8.20. The van der Waals surface area contributed by atoms with Crippen LogP contribution in [0.1, 0.15) is 26.5 Å². The van der Waals surface area contributed by atoms with Crippen molar-refractivity contribution in [2.75, 3.05) is 5.32 Å². The number of hydrogen-bond acceptors (Lipinski definition) is 5. The number of amides is 1. The molecule has 0 aliphatic carbocycles. The number of aryl methyl sites for hydroxylation is 2. The fraction of sp³-hybridized carbons (Fsp3) is 0.600. The SMILES string of the molecule is CCn1nc(C)c([N+](=O)[O-])c1NC(C)(C)C(N)=O. The monoisotopic (exact) mass is 255 g/mol. The highest BCUT2D eigenvalue weighted by Crippen LogP contribution is 2.30. The van der Waals surface area contributed by atoms with Gasteiger partial charge in [-0.2, -0.15) is 5.10 Å². The Balaban J connectivity index is 3.30. The van der Waals surface area contributed by atoms with Crippen molar-refractivity contribution in [1.29, 1.82) is 0 Å². The molecular weight excluding hydrogens is 238 g/mol. The zero-order valence-electron chi connectivity index (χ0n) is 10.9. The lowest BCUT2D eigenvalue weighted by Gasteiger charge is -2.23. The summed E-state index contributed by atoms with van der Waals surface area (Å²) in [5.41, 5.74) is 4.31. The molecule has 1 amide bonds. The minimum atomic E-state index is -1.09. The molecule has 0 aliphatic rings. The van der Waals surface area contributed by atoms with Gasteiger partial charge in [-0.3, -0.25) is 14.9 Å². The molecule has 18 heavy (non-hydrogen) atoms. The minimum absolute atomic E-state index is 0.133. The van der Waals surface area contributed by atoms with E-state index in [1.807, 2.05) is 0 Å². The lowest BCUT2D eigenvalue weighted by Crippen LogP contribution is -2.45. The highest BCUT2D eigenvalue weighted by Gasteiger charge is 2.32. The molecule has 0 unspecified atom stereocenters. The molecule has 8 nitrogen and oxygen atoms in total. The van der Waals surface area contributed by atoms with Crippen molar-refractivity contribution in [3.63, 3.8) is 0 Å². The molecule has 8 heteroatoms. The van der Waals surface area contributed by atoms with Crippen LogP contribution in [-0.4, -0.2) is 26.1 Å². The van der Waals surface area contributed by atoms with Crippen LogP contribution in [-0.2, 0) is 11.3 Å². The standard InChI is InChI=1S/C10H17N5O3/c1-5-14-8(12-10(3,4)9(11)16)7(15(17)18)6(2)13-14/h12H,5H2,1-4H3,(H2,11,16). The first-order valence-electron chi connectivity index (χ1n) is 5.50. The molecule has 0 bridgehead atoms. The number of carbonyl (C=O) groups is 1. The molecule has 0 radical (unpaired) electrons. The molecule has 0 saturated heterocycles. The maximum absolute atomic E-state index is 11.3. The average Bonchev–Trinajstić information content (AvgIpc) is 2.53. The fourth-order valence-electron chi connectivity index (χ4n) is 1.50. The van der Waals surface area contributed by atoms with Crippen molar-refractivity contribution >= 4 is 17.4 Å². The van der Waals surface area contributed by atoms with E-state index in [9.17, 15) is 14.9 Å². The Labute approximate surface area is 104 Å². The Morgan fingerprint density at radius 3 is 2.56 bits per heavy atom. The number of nitrogens with one attached hydrogen (secondary N) is 1. The number of hydrogen-bond donors (Lipinski definition) is 2. The summed E-state index contributed by atoms with van der Waals surface area (Å²) in [5, 5.41) is 17.9. The number of nitrogens with two attached hydrogens (primary N) is 1. The van der Waals surface area contributed by atoms with Crippen molar-refractivity contribution in [2.45, 2.75) is 39.8 Å². The topological polar surface area (TPSA) is 116 Å². The van der Waals surface area contributed by atoms with Gasteiger partial charge in [0.1, 0.15) is 11.2 Å². The predicted octanol–water partition coefficient (Wildman–Crippen LogP) is 0.795. The molecule has 0 spiro atoms. The van der Waals surface area contributed by atoms with E-state index < -0.39 is 16.4 Å². The zero-order valence-corrected chi connectivity index (χ0v) is 10.9. The number of primary amides is 1. The third-order valence-corrected chi connectivity index (χ3v) is 2.62. The maximum atomic E-state index is 11.3. The molecule has 0 atom stereocenters. The summed E-state index contributed by atoms with van der Waals surface area (Å²) < 4.78 is 1.44. The first-order valence-corrected chi connectivity index (χ1v) is 5.50. The Hall–Kier alpha value is -2.12. The van der Waals surface area contributed by atoms with Gasteiger partial charge in [0.2, 0.25) is 11.7 Å². The van der Waals surface area contributed by atoms with Crippen LogP contribution in [0.3, 0.4) is 0 Å². The second kappa shape index (κ2) is 4.63. The van der Waals surface area contributed by atoms with Gasteiger partial charge < -0.3 is 11.1 Å².